The molecule has 0 saturated heterocycles. The van der Waals surface area contributed by atoms with Crippen LogP contribution in [-0.2, 0) is 6.42 Å². The van der Waals surface area contributed by atoms with E-state index >= 15 is 0 Å². The minimum absolute atomic E-state index is 0.304. The van der Waals surface area contributed by atoms with Crippen LogP contribution in [0, 0.1) is 12.8 Å². The van der Waals surface area contributed by atoms with E-state index in [-0.39, 0.29) is 0 Å². The van der Waals surface area contributed by atoms with Gasteiger partial charge in [-0.25, -0.2) is 0 Å². The molecular weight excluding hydrogens is 184 g/mol. The number of fused-ring (bicyclic) bond motifs is 1. The van der Waals surface area contributed by atoms with E-state index in [0.29, 0.717) is 18.4 Å². The minimum Gasteiger partial charge on any atom is -0.396 e. The van der Waals surface area contributed by atoms with Gasteiger partial charge in [-0.2, -0.15) is 0 Å². The largest absolute Gasteiger partial charge is 0.396 e. The molecule has 0 spiro atoms. The molecule has 2 atom stereocenters. The Morgan fingerprint density at radius 3 is 3.00 bits per heavy atom. The van der Waals surface area contributed by atoms with Gasteiger partial charge in [-0.05, 0) is 54.7 Å². The van der Waals surface area contributed by atoms with E-state index in [9.17, 15) is 5.11 Å². The van der Waals surface area contributed by atoms with Crippen molar-refractivity contribution in [3.63, 3.8) is 0 Å². The molecule has 1 aliphatic carbocycles. The number of benzene rings is 1. The van der Waals surface area contributed by atoms with Crippen LogP contribution < -0.4 is 0 Å². The molecule has 0 aromatic heterocycles. The molecule has 1 aliphatic rings. The summed E-state index contributed by atoms with van der Waals surface area (Å²) in [4.78, 5) is 0. The molecule has 1 aromatic rings. The number of hydrogen-bond acceptors (Lipinski definition) is 1. The van der Waals surface area contributed by atoms with Gasteiger partial charge in [0.25, 0.3) is 0 Å². The SMILES string of the molecule is Cc1cccc2c1C(C(C)CO)CCC2. The molecule has 0 radical (unpaired) electrons. The predicted molar refractivity (Wildman–Crippen MR) is 63.1 cm³/mol. The van der Waals surface area contributed by atoms with E-state index in [0.717, 1.165) is 0 Å². The number of rotatable bonds is 2. The summed E-state index contributed by atoms with van der Waals surface area (Å²) in [6.45, 7) is 4.66. The lowest BCUT2D eigenvalue weighted by Gasteiger charge is -2.31. The Bertz CT molecular complexity index is 343. The van der Waals surface area contributed by atoms with Crippen LogP contribution in [0.4, 0.5) is 0 Å². The second kappa shape index (κ2) is 4.36. The summed E-state index contributed by atoms with van der Waals surface area (Å²) in [5.41, 5.74) is 4.43. The maximum absolute atomic E-state index is 9.30. The van der Waals surface area contributed by atoms with Crippen LogP contribution in [0.3, 0.4) is 0 Å². The minimum atomic E-state index is 0.304. The van der Waals surface area contributed by atoms with Gasteiger partial charge in [0.1, 0.15) is 0 Å². The van der Waals surface area contributed by atoms with Gasteiger partial charge in [-0.1, -0.05) is 25.1 Å². The van der Waals surface area contributed by atoms with Gasteiger partial charge in [0.15, 0.2) is 0 Å². The zero-order valence-corrected chi connectivity index (χ0v) is 9.66. The van der Waals surface area contributed by atoms with Gasteiger partial charge in [-0.3, -0.25) is 0 Å². The van der Waals surface area contributed by atoms with Crippen LogP contribution in [0.1, 0.15) is 42.4 Å². The molecule has 0 bridgehead atoms. The van der Waals surface area contributed by atoms with E-state index in [1.165, 1.54) is 36.0 Å². The molecule has 0 aliphatic heterocycles. The molecule has 82 valence electrons. The summed E-state index contributed by atoms with van der Waals surface area (Å²) in [5, 5.41) is 9.30. The predicted octanol–water partition coefficient (Wildman–Crippen LogP) is 3.04. The normalized spacial score (nSPS) is 22.2. The molecule has 1 aromatic carbocycles. The first kappa shape index (κ1) is 10.7. The molecule has 1 heteroatoms. The first-order valence-electron chi connectivity index (χ1n) is 5.93. The number of aryl methyl sites for hydroxylation is 2. The molecular formula is C14H20O. The first-order chi connectivity index (χ1) is 7.24. The van der Waals surface area contributed by atoms with Crippen LogP contribution in [0.25, 0.3) is 0 Å². The third kappa shape index (κ3) is 1.93. The van der Waals surface area contributed by atoms with Crippen molar-refractivity contribution in [2.24, 2.45) is 5.92 Å². The lowest BCUT2D eigenvalue weighted by molar-refractivity contribution is 0.207. The molecule has 1 nitrogen and oxygen atoms in total. The summed E-state index contributed by atoms with van der Waals surface area (Å²) in [7, 11) is 0. The number of hydrogen-bond donors (Lipinski definition) is 1. The van der Waals surface area contributed by atoms with Gasteiger partial charge in [0, 0.05) is 6.61 Å². The van der Waals surface area contributed by atoms with Gasteiger partial charge in [-0.15, -0.1) is 0 Å². The molecule has 0 fully saturated rings. The van der Waals surface area contributed by atoms with Crippen molar-refractivity contribution in [2.75, 3.05) is 6.61 Å². The average Bonchev–Trinajstić information content (AvgIpc) is 2.28. The highest BCUT2D eigenvalue weighted by atomic mass is 16.3. The number of aliphatic hydroxyl groups is 1. The maximum atomic E-state index is 9.30. The summed E-state index contributed by atoms with van der Waals surface area (Å²) < 4.78 is 0. The molecule has 2 rings (SSSR count). The summed E-state index contributed by atoms with van der Waals surface area (Å²) in [5.74, 6) is 0.963. The van der Waals surface area contributed by atoms with Gasteiger partial charge in [0.05, 0.1) is 0 Å². The summed E-state index contributed by atoms with van der Waals surface area (Å²) >= 11 is 0. The van der Waals surface area contributed by atoms with Gasteiger partial charge in [0.2, 0.25) is 0 Å². The monoisotopic (exact) mass is 204 g/mol. The Labute approximate surface area is 92.1 Å². The Morgan fingerprint density at radius 2 is 2.27 bits per heavy atom. The van der Waals surface area contributed by atoms with Crippen LogP contribution in [0.15, 0.2) is 18.2 Å². The van der Waals surface area contributed by atoms with E-state index in [4.69, 9.17) is 0 Å². The van der Waals surface area contributed by atoms with Crippen molar-refractivity contribution in [1.29, 1.82) is 0 Å². The smallest absolute Gasteiger partial charge is 0.0462 e. The van der Waals surface area contributed by atoms with E-state index < -0.39 is 0 Å². The summed E-state index contributed by atoms with van der Waals surface area (Å²) in [6, 6.07) is 6.60. The fourth-order valence-corrected chi connectivity index (χ4v) is 2.84. The quantitative estimate of drug-likeness (QED) is 0.785. The van der Waals surface area contributed by atoms with Crippen LogP contribution in [-0.4, -0.2) is 11.7 Å². The second-order valence-electron chi connectivity index (χ2n) is 4.81. The van der Waals surface area contributed by atoms with Crippen LogP contribution in [0.2, 0.25) is 0 Å². The van der Waals surface area contributed by atoms with Crippen molar-refractivity contribution in [3.05, 3.63) is 34.9 Å². The van der Waals surface area contributed by atoms with Crippen molar-refractivity contribution in [1.82, 2.24) is 0 Å². The Kier molecular flexibility index (Phi) is 3.11. The van der Waals surface area contributed by atoms with Gasteiger partial charge >= 0.3 is 0 Å². The lowest BCUT2D eigenvalue weighted by Crippen LogP contribution is -2.20. The van der Waals surface area contributed by atoms with E-state index in [1.54, 1.807) is 0 Å². The zero-order valence-electron chi connectivity index (χ0n) is 9.66. The second-order valence-corrected chi connectivity index (χ2v) is 4.81. The fraction of sp³-hybridized carbons (Fsp3) is 0.571. The Morgan fingerprint density at radius 1 is 1.47 bits per heavy atom. The van der Waals surface area contributed by atoms with Crippen LogP contribution >= 0.6 is 0 Å². The molecule has 2 unspecified atom stereocenters. The van der Waals surface area contributed by atoms with Gasteiger partial charge < -0.3 is 5.11 Å². The molecule has 15 heavy (non-hydrogen) atoms. The van der Waals surface area contributed by atoms with E-state index in [2.05, 4.69) is 32.0 Å². The maximum Gasteiger partial charge on any atom is 0.0462 e. The highest BCUT2D eigenvalue weighted by Gasteiger charge is 2.25. The van der Waals surface area contributed by atoms with Crippen molar-refractivity contribution in [2.45, 2.75) is 39.0 Å². The highest BCUT2D eigenvalue weighted by molar-refractivity contribution is 5.39. The molecule has 0 amide bonds. The zero-order chi connectivity index (χ0) is 10.8. The fourth-order valence-electron chi connectivity index (χ4n) is 2.84. The number of aliphatic hydroxyl groups excluding tert-OH is 1. The standard InChI is InChI=1S/C14H20O/c1-10-5-3-6-12-7-4-8-13(14(10)12)11(2)9-15/h3,5-6,11,13,15H,4,7-9H2,1-2H3. The van der Waals surface area contributed by atoms with E-state index in [1.807, 2.05) is 0 Å². The average molecular weight is 204 g/mol. The summed E-state index contributed by atoms with van der Waals surface area (Å²) in [6.07, 6.45) is 3.72. The third-order valence-corrected chi connectivity index (χ3v) is 3.72. The third-order valence-electron chi connectivity index (χ3n) is 3.72. The molecule has 1 N–H and O–H groups in total. The van der Waals surface area contributed by atoms with Crippen LogP contribution in [0.5, 0.6) is 0 Å². The van der Waals surface area contributed by atoms with Crippen molar-refractivity contribution >= 4 is 0 Å². The molecule has 0 heterocycles. The Balaban J connectivity index is 2.40. The first-order valence-corrected chi connectivity index (χ1v) is 5.93. The van der Waals surface area contributed by atoms with Crippen molar-refractivity contribution in [3.8, 4) is 0 Å². The Hall–Kier alpha value is -0.820. The topological polar surface area (TPSA) is 20.2 Å². The highest BCUT2D eigenvalue weighted by Crippen LogP contribution is 2.38. The lowest BCUT2D eigenvalue weighted by atomic mass is 9.75. The van der Waals surface area contributed by atoms with Crippen molar-refractivity contribution < 1.29 is 5.11 Å². The molecule has 0 saturated carbocycles.